The Bertz CT molecular complexity index is 626. The van der Waals surface area contributed by atoms with Gasteiger partial charge in [0.25, 0.3) is 0 Å². The number of furan rings is 1. The van der Waals surface area contributed by atoms with Crippen LogP contribution in [0.1, 0.15) is 44.5 Å². The highest BCUT2D eigenvalue weighted by molar-refractivity contribution is 5.78. The third kappa shape index (κ3) is 2.58. The molecule has 0 saturated heterocycles. The third-order valence-electron chi connectivity index (χ3n) is 4.79. The number of aliphatic hydroxyl groups excluding tert-OH is 1. The fourth-order valence-electron chi connectivity index (χ4n) is 3.27. The Kier molecular flexibility index (Phi) is 3.76. The molecule has 1 N–H and O–H groups in total. The van der Waals surface area contributed by atoms with E-state index in [0.29, 0.717) is 22.6 Å². The monoisotopic (exact) mass is 292 g/mol. The first-order chi connectivity index (χ1) is 10.0. The van der Waals surface area contributed by atoms with Crippen molar-refractivity contribution in [2.45, 2.75) is 44.3 Å². The summed E-state index contributed by atoms with van der Waals surface area (Å²) in [6.45, 7) is 2.22. The maximum Gasteiger partial charge on any atom is 0.140 e. The summed E-state index contributed by atoms with van der Waals surface area (Å²) in [6, 6.07) is 6.07. The van der Waals surface area contributed by atoms with Gasteiger partial charge in [0.15, 0.2) is 0 Å². The minimum atomic E-state index is -0.828. The number of fused-ring (bicyclic) bond motifs is 1. The van der Waals surface area contributed by atoms with Crippen LogP contribution in [0.3, 0.4) is 0 Å². The molecule has 3 rings (SSSR count). The van der Waals surface area contributed by atoms with E-state index in [4.69, 9.17) is 9.15 Å². The van der Waals surface area contributed by atoms with Gasteiger partial charge in [0, 0.05) is 12.5 Å². The van der Waals surface area contributed by atoms with Crippen LogP contribution in [0.4, 0.5) is 4.39 Å². The van der Waals surface area contributed by atoms with Gasteiger partial charge in [-0.25, -0.2) is 4.39 Å². The van der Waals surface area contributed by atoms with Crippen LogP contribution in [0.25, 0.3) is 11.0 Å². The first kappa shape index (κ1) is 14.5. The van der Waals surface area contributed by atoms with Crippen molar-refractivity contribution in [2.75, 3.05) is 7.11 Å². The number of ether oxygens (including phenoxy) is 1. The van der Waals surface area contributed by atoms with Gasteiger partial charge in [0.2, 0.25) is 0 Å². The molecule has 1 saturated carbocycles. The van der Waals surface area contributed by atoms with Crippen molar-refractivity contribution in [3.63, 3.8) is 0 Å². The highest BCUT2D eigenvalue weighted by Crippen LogP contribution is 2.43. The summed E-state index contributed by atoms with van der Waals surface area (Å²) >= 11 is 0. The minimum Gasteiger partial charge on any atom is -0.458 e. The Labute approximate surface area is 123 Å². The van der Waals surface area contributed by atoms with Gasteiger partial charge in [-0.05, 0) is 55.9 Å². The lowest BCUT2D eigenvalue weighted by molar-refractivity contribution is -0.136. The minimum absolute atomic E-state index is 0.308. The Morgan fingerprint density at radius 1 is 1.33 bits per heavy atom. The molecule has 0 bridgehead atoms. The van der Waals surface area contributed by atoms with E-state index in [9.17, 15) is 9.50 Å². The number of methoxy groups -OCH3 is 1. The second kappa shape index (κ2) is 5.43. The molecule has 21 heavy (non-hydrogen) atoms. The molecule has 1 aromatic carbocycles. The summed E-state index contributed by atoms with van der Waals surface area (Å²) in [4.78, 5) is 0. The van der Waals surface area contributed by atoms with Crippen molar-refractivity contribution in [1.82, 2.24) is 0 Å². The van der Waals surface area contributed by atoms with E-state index in [0.717, 1.165) is 25.7 Å². The summed E-state index contributed by atoms with van der Waals surface area (Å²) in [5.74, 6) is 0.800. The van der Waals surface area contributed by atoms with Crippen LogP contribution in [0.15, 0.2) is 28.7 Å². The number of aliphatic hydroxyl groups is 1. The van der Waals surface area contributed by atoms with Crippen LogP contribution in [0.5, 0.6) is 0 Å². The molecule has 1 heterocycles. The number of hydrogen-bond donors (Lipinski definition) is 1. The van der Waals surface area contributed by atoms with Gasteiger partial charge in [0.1, 0.15) is 28.9 Å². The summed E-state index contributed by atoms with van der Waals surface area (Å²) in [5, 5.41) is 11.4. The topological polar surface area (TPSA) is 42.6 Å². The molecule has 0 amide bonds. The van der Waals surface area contributed by atoms with Gasteiger partial charge in [-0.2, -0.15) is 0 Å². The van der Waals surface area contributed by atoms with Crippen molar-refractivity contribution >= 4 is 11.0 Å². The van der Waals surface area contributed by atoms with Crippen molar-refractivity contribution in [2.24, 2.45) is 5.92 Å². The standard InChI is InChI=1S/C17H21FO3/c1-11-5-7-17(20-2,8-6-11)16(19)15-10-12-9-13(18)3-4-14(12)21-15/h3-4,9-11,16,19H,5-8H2,1-2H3. The smallest absolute Gasteiger partial charge is 0.140 e. The lowest BCUT2D eigenvalue weighted by atomic mass is 9.75. The van der Waals surface area contributed by atoms with Crippen molar-refractivity contribution in [3.05, 3.63) is 35.8 Å². The van der Waals surface area contributed by atoms with Gasteiger partial charge in [-0.1, -0.05) is 6.92 Å². The third-order valence-corrected chi connectivity index (χ3v) is 4.79. The average molecular weight is 292 g/mol. The predicted molar refractivity (Wildman–Crippen MR) is 78.5 cm³/mol. The summed E-state index contributed by atoms with van der Waals surface area (Å²) in [7, 11) is 1.64. The van der Waals surface area contributed by atoms with Gasteiger partial charge < -0.3 is 14.3 Å². The Morgan fingerprint density at radius 2 is 2.05 bits per heavy atom. The number of benzene rings is 1. The van der Waals surface area contributed by atoms with E-state index in [1.54, 1.807) is 19.2 Å². The molecule has 1 atom stereocenters. The van der Waals surface area contributed by atoms with Crippen LogP contribution in [-0.4, -0.2) is 17.8 Å². The maximum atomic E-state index is 13.3. The van der Waals surface area contributed by atoms with E-state index in [1.807, 2.05) is 0 Å². The van der Waals surface area contributed by atoms with Gasteiger partial charge in [-0.3, -0.25) is 0 Å². The zero-order valence-electron chi connectivity index (χ0n) is 12.4. The first-order valence-electron chi connectivity index (χ1n) is 7.46. The SMILES string of the molecule is COC1(C(O)c2cc3cc(F)ccc3o2)CCC(C)CC1. The quantitative estimate of drug-likeness (QED) is 0.922. The molecular weight excluding hydrogens is 271 g/mol. The summed E-state index contributed by atoms with van der Waals surface area (Å²) in [6.07, 6.45) is 2.83. The summed E-state index contributed by atoms with van der Waals surface area (Å²) < 4.78 is 24.6. The lowest BCUT2D eigenvalue weighted by Gasteiger charge is -2.40. The zero-order chi connectivity index (χ0) is 15.0. The van der Waals surface area contributed by atoms with Crippen LogP contribution >= 0.6 is 0 Å². The molecule has 114 valence electrons. The predicted octanol–water partition coefficient (Wildman–Crippen LogP) is 4.20. The molecule has 0 spiro atoms. The molecule has 2 aromatic rings. The second-order valence-electron chi connectivity index (χ2n) is 6.18. The number of hydrogen-bond acceptors (Lipinski definition) is 3. The molecule has 0 aliphatic heterocycles. The normalized spacial score (nSPS) is 27.9. The fourth-order valence-corrected chi connectivity index (χ4v) is 3.27. The molecule has 1 aliphatic rings. The van der Waals surface area contributed by atoms with Gasteiger partial charge in [0.05, 0.1) is 0 Å². The van der Waals surface area contributed by atoms with Crippen LogP contribution in [0, 0.1) is 11.7 Å². The van der Waals surface area contributed by atoms with Crippen molar-refractivity contribution in [3.8, 4) is 0 Å². The van der Waals surface area contributed by atoms with Gasteiger partial charge >= 0.3 is 0 Å². The lowest BCUT2D eigenvalue weighted by Crippen LogP contribution is -2.41. The van der Waals surface area contributed by atoms with E-state index in [-0.39, 0.29) is 5.82 Å². The highest BCUT2D eigenvalue weighted by Gasteiger charge is 2.43. The fraction of sp³-hybridized carbons (Fsp3) is 0.529. The van der Waals surface area contributed by atoms with E-state index in [1.165, 1.54) is 12.1 Å². The van der Waals surface area contributed by atoms with Crippen LogP contribution in [-0.2, 0) is 4.74 Å². The van der Waals surface area contributed by atoms with Crippen molar-refractivity contribution in [1.29, 1.82) is 0 Å². The van der Waals surface area contributed by atoms with E-state index in [2.05, 4.69) is 6.92 Å². The largest absolute Gasteiger partial charge is 0.458 e. The summed E-state index contributed by atoms with van der Waals surface area (Å²) in [5.41, 5.74) is -0.0141. The Hall–Kier alpha value is -1.39. The molecule has 0 radical (unpaired) electrons. The van der Waals surface area contributed by atoms with Crippen LogP contribution in [0.2, 0.25) is 0 Å². The van der Waals surface area contributed by atoms with E-state index >= 15 is 0 Å². The first-order valence-corrected chi connectivity index (χ1v) is 7.46. The molecule has 1 aliphatic carbocycles. The second-order valence-corrected chi connectivity index (χ2v) is 6.18. The average Bonchev–Trinajstić information content (AvgIpc) is 2.90. The number of rotatable bonds is 3. The van der Waals surface area contributed by atoms with E-state index < -0.39 is 11.7 Å². The zero-order valence-corrected chi connectivity index (χ0v) is 12.4. The maximum absolute atomic E-state index is 13.3. The highest BCUT2D eigenvalue weighted by atomic mass is 19.1. The molecule has 1 unspecified atom stereocenters. The molecule has 1 aromatic heterocycles. The molecular formula is C17H21FO3. The Morgan fingerprint density at radius 3 is 2.71 bits per heavy atom. The number of halogens is 1. The molecule has 1 fully saturated rings. The van der Waals surface area contributed by atoms with Crippen molar-refractivity contribution < 1.29 is 18.7 Å². The van der Waals surface area contributed by atoms with Crippen LogP contribution < -0.4 is 0 Å². The molecule has 4 heteroatoms. The Balaban J connectivity index is 1.92. The molecule has 3 nitrogen and oxygen atoms in total. The van der Waals surface area contributed by atoms with Gasteiger partial charge in [-0.15, -0.1) is 0 Å².